The molecular formula is C12H19N3. The zero-order chi connectivity index (χ0) is 10.5. The summed E-state index contributed by atoms with van der Waals surface area (Å²) in [6.07, 6.45) is 7.37. The maximum atomic E-state index is 6.12. The Balaban J connectivity index is 1.79. The molecule has 1 unspecified atom stereocenters. The minimum Gasteiger partial charge on any atom is -0.324 e. The molecule has 3 nitrogen and oxygen atoms in total. The number of hydrogen-bond acceptors (Lipinski definition) is 3. The normalized spacial score (nSPS) is 19.3. The summed E-state index contributed by atoms with van der Waals surface area (Å²) in [7, 11) is 0. The van der Waals surface area contributed by atoms with E-state index in [9.17, 15) is 0 Å². The van der Waals surface area contributed by atoms with Crippen LogP contribution < -0.4 is 5.73 Å². The smallest absolute Gasteiger partial charge is 0.0308 e. The van der Waals surface area contributed by atoms with Gasteiger partial charge in [0.2, 0.25) is 0 Å². The van der Waals surface area contributed by atoms with Gasteiger partial charge in [-0.15, -0.1) is 0 Å². The second-order valence-corrected chi connectivity index (χ2v) is 4.22. The fourth-order valence-corrected chi connectivity index (χ4v) is 2.11. The molecule has 0 spiro atoms. The first kappa shape index (κ1) is 10.6. The highest BCUT2D eigenvalue weighted by Gasteiger charge is 2.13. The molecule has 0 saturated carbocycles. The number of nitrogens with zero attached hydrogens (tertiary/aromatic N) is 2. The maximum Gasteiger partial charge on any atom is 0.0308 e. The molecule has 2 rings (SSSR count). The van der Waals surface area contributed by atoms with Gasteiger partial charge in [0, 0.05) is 18.4 Å². The van der Waals surface area contributed by atoms with Crippen LogP contribution in [0, 0.1) is 0 Å². The van der Waals surface area contributed by atoms with Crippen LogP contribution in [0.1, 0.15) is 30.9 Å². The standard InChI is InChI=1S/C12H19N3/c13-12(11-3-6-14-7-4-11)5-10-15-8-1-2-9-15/h3-4,6-7,12H,1-2,5,8-10,13H2. The highest BCUT2D eigenvalue weighted by atomic mass is 15.1. The van der Waals surface area contributed by atoms with Crippen LogP contribution in [0.3, 0.4) is 0 Å². The third-order valence-electron chi connectivity index (χ3n) is 3.09. The molecule has 1 atom stereocenters. The van der Waals surface area contributed by atoms with E-state index < -0.39 is 0 Å². The van der Waals surface area contributed by atoms with E-state index in [-0.39, 0.29) is 6.04 Å². The van der Waals surface area contributed by atoms with Gasteiger partial charge in [0.15, 0.2) is 0 Å². The van der Waals surface area contributed by atoms with Gasteiger partial charge in [-0.2, -0.15) is 0 Å². The molecule has 1 aliphatic rings. The van der Waals surface area contributed by atoms with E-state index in [1.165, 1.54) is 31.5 Å². The van der Waals surface area contributed by atoms with Crippen molar-refractivity contribution in [2.75, 3.05) is 19.6 Å². The first-order valence-corrected chi connectivity index (χ1v) is 5.74. The first-order valence-electron chi connectivity index (χ1n) is 5.74. The van der Waals surface area contributed by atoms with Crippen LogP contribution in [0.25, 0.3) is 0 Å². The number of likely N-dealkylation sites (tertiary alicyclic amines) is 1. The maximum absolute atomic E-state index is 6.12. The minimum absolute atomic E-state index is 0.161. The third-order valence-corrected chi connectivity index (χ3v) is 3.09. The molecule has 1 aliphatic heterocycles. The quantitative estimate of drug-likeness (QED) is 0.811. The average Bonchev–Trinajstić information content (AvgIpc) is 2.80. The van der Waals surface area contributed by atoms with E-state index in [4.69, 9.17) is 5.73 Å². The molecule has 15 heavy (non-hydrogen) atoms. The fourth-order valence-electron chi connectivity index (χ4n) is 2.11. The molecule has 1 aromatic heterocycles. The van der Waals surface area contributed by atoms with Gasteiger partial charge < -0.3 is 10.6 Å². The van der Waals surface area contributed by atoms with Gasteiger partial charge in [0.25, 0.3) is 0 Å². The molecule has 1 saturated heterocycles. The molecule has 0 aromatic carbocycles. The van der Waals surface area contributed by atoms with Gasteiger partial charge in [0.1, 0.15) is 0 Å². The molecule has 0 bridgehead atoms. The lowest BCUT2D eigenvalue weighted by Gasteiger charge is -2.18. The average molecular weight is 205 g/mol. The number of hydrogen-bond donors (Lipinski definition) is 1. The Kier molecular flexibility index (Phi) is 3.69. The zero-order valence-corrected chi connectivity index (χ0v) is 9.10. The number of nitrogens with two attached hydrogens (primary N) is 1. The highest BCUT2D eigenvalue weighted by molar-refractivity contribution is 5.14. The van der Waals surface area contributed by atoms with Crippen molar-refractivity contribution in [3.63, 3.8) is 0 Å². The second-order valence-electron chi connectivity index (χ2n) is 4.22. The lowest BCUT2D eigenvalue weighted by molar-refractivity contribution is 0.322. The highest BCUT2D eigenvalue weighted by Crippen LogP contribution is 2.15. The van der Waals surface area contributed by atoms with E-state index in [1.54, 1.807) is 0 Å². The molecule has 2 heterocycles. The predicted octanol–water partition coefficient (Wildman–Crippen LogP) is 1.57. The Morgan fingerprint density at radius 1 is 1.27 bits per heavy atom. The largest absolute Gasteiger partial charge is 0.324 e. The Hall–Kier alpha value is -0.930. The topological polar surface area (TPSA) is 42.1 Å². The van der Waals surface area contributed by atoms with Gasteiger partial charge in [-0.3, -0.25) is 4.98 Å². The Morgan fingerprint density at radius 2 is 1.93 bits per heavy atom. The molecule has 1 fully saturated rings. The summed E-state index contributed by atoms with van der Waals surface area (Å²) in [5.74, 6) is 0. The van der Waals surface area contributed by atoms with Crippen molar-refractivity contribution in [1.82, 2.24) is 9.88 Å². The molecule has 2 N–H and O–H groups in total. The molecule has 0 amide bonds. The van der Waals surface area contributed by atoms with Crippen molar-refractivity contribution >= 4 is 0 Å². The lowest BCUT2D eigenvalue weighted by Crippen LogP contribution is -2.24. The van der Waals surface area contributed by atoms with Crippen molar-refractivity contribution in [3.05, 3.63) is 30.1 Å². The Morgan fingerprint density at radius 3 is 2.60 bits per heavy atom. The fraction of sp³-hybridized carbons (Fsp3) is 0.583. The Labute approximate surface area is 91.3 Å². The summed E-state index contributed by atoms with van der Waals surface area (Å²) in [6, 6.07) is 4.18. The van der Waals surface area contributed by atoms with Gasteiger partial charge in [-0.1, -0.05) is 0 Å². The summed E-state index contributed by atoms with van der Waals surface area (Å²) >= 11 is 0. The van der Waals surface area contributed by atoms with Crippen molar-refractivity contribution in [1.29, 1.82) is 0 Å². The minimum atomic E-state index is 0.161. The number of rotatable bonds is 4. The van der Waals surface area contributed by atoms with E-state index in [2.05, 4.69) is 9.88 Å². The van der Waals surface area contributed by atoms with Crippen LogP contribution in [0.2, 0.25) is 0 Å². The van der Waals surface area contributed by atoms with E-state index in [1.807, 2.05) is 24.5 Å². The lowest BCUT2D eigenvalue weighted by atomic mass is 10.1. The van der Waals surface area contributed by atoms with Gasteiger partial charge in [-0.25, -0.2) is 0 Å². The van der Waals surface area contributed by atoms with E-state index >= 15 is 0 Å². The SMILES string of the molecule is NC(CCN1CCCC1)c1ccncc1. The number of aromatic nitrogens is 1. The van der Waals surface area contributed by atoms with Crippen LogP contribution in [0.15, 0.2) is 24.5 Å². The van der Waals surface area contributed by atoms with E-state index in [0.717, 1.165) is 13.0 Å². The van der Waals surface area contributed by atoms with Crippen LogP contribution in [-0.4, -0.2) is 29.5 Å². The summed E-state index contributed by atoms with van der Waals surface area (Å²) in [5, 5.41) is 0. The van der Waals surface area contributed by atoms with Crippen LogP contribution in [0.5, 0.6) is 0 Å². The molecular weight excluding hydrogens is 186 g/mol. The molecule has 82 valence electrons. The summed E-state index contributed by atoms with van der Waals surface area (Å²) in [5.41, 5.74) is 7.32. The van der Waals surface area contributed by atoms with Crippen LogP contribution in [0.4, 0.5) is 0 Å². The molecule has 0 aliphatic carbocycles. The van der Waals surface area contributed by atoms with Gasteiger partial charge in [-0.05, 0) is 56.6 Å². The van der Waals surface area contributed by atoms with Crippen molar-refractivity contribution in [2.45, 2.75) is 25.3 Å². The van der Waals surface area contributed by atoms with Crippen molar-refractivity contribution in [2.24, 2.45) is 5.73 Å². The van der Waals surface area contributed by atoms with E-state index in [0.29, 0.717) is 0 Å². The van der Waals surface area contributed by atoms with Gasteiger partial charge >= 0.3 is 0 Å². The van der Waals surface area contributed by atoms with Gasteiger partial charge in [0.05, 0.1) is 0 Å². The first-order chi connectivity index (χ1) is 7.36. The summed E-state index contributed by atoms with van der Waals surface area (Å²) in [4.78, 5) is 6.50. The van der Waals surface area contributed by atoms with Crippen LogP contribution >= 0.6 is 0 Å². The molecule has 3 heteroatoms. The number of pyridine rings is 1. The summed E-state index contributed by atoms with van der Waals surface area (Å²) < 4.78 is 0. The Bertz CT molecular complexity index is 280. The zero-order valence-electron chi connectivity index (χ0n) is 9.10. The molecule has 0 radical (unpaired) electrons. The summed E-state index contributed by atoms with van der Waals surface area (Å²) in [6.45, 7) is 3.63. The third kappa shape index (κ3) is 3.01. The predicted molar refractivity (Wildman–Crippen MR) is 61.5 cm³/mol. The molecule has 1 aromatic rings. The van der Waals surface area contributed by atoms with Crippen LogP contribution in [-0.2, 0) is 0 Å². The van der Waals surface area contributed by atoms with Crippen molar-refractivity contribution in [3.8, 4) is 0 Å². The van der Waals surface area contributed by atoms with Crippen molar-refractivity contribution < 1.29 is 0 Å². The second kappa shape index (κ2) is 5.24. The monoisotopic (exact) mass is 205 g/mol.